The molecule has 1 heterocycles. The van der Waals surface area contributed by atoms with Crippen LogP contribution in [0.15, 0.2) is 54.6 Å². The maximum Gasteiger partial charge on any atom is 0.235 e. The van der Waals surface area contributed by atoms with E-state index in [1.807, 2.05) is 54.6 Å². The summed E-state index contributed by atoms with van der Waals surface area (Å²) in [6, 6.07) is 17.0. The number of halogens is 1. The number of aliphatic hydroxyl groups is 1. The number of hydrogen-bond donors (Lipinski definition) is 1. The van der Waals surface area contributed by atoms with Gasteiger partial charge in [0, 0.05) is 11.0 Å². The van der Waals surface area contributed by atoms with Gasteiger partial charge in [-0.25, -0.2) is 0 Å². The molecule has 2 aromatic rings. The molecule has 120 valence electrons. The van der Waals surface area contributed by atoms with Crippen LogP contribution in [0.4, 0.5) is 5.69 Å². The van der Waals surface area contributed by atoms with E-state index in [-0.39, 0.29) is 11.9 Å². The van der Waals surface area contributed by atoms with Crippen LogP contribution in [0.5, 0.6) is 5.75 Å². The quantitative estimate of drug-likeness (QED) is 0.644. The molecule has 1 aliphatic rings. The molecular formula is C18H18BrNO3. The van der Waals surface area contributed by atoms with Crippen molar-refractivity contribution in [1.29, 1.82) is 0 Å². The van der Waals surface area contributed by atoms with E-state index in [9.17, 15) is 9.90 Å². The zero-order chi connectivity index (χ0) is 16.4. The van der Waals surface area contributed by atoms with Crippen molar-refractivity contribution < 1.29 is 14.6 Å². The predicted molar refractivity (Wildman–Crippen MR) is 93.0 cm³/mol. The first-order chi connectivity index (χ1) is 11.2. The summed E-state index contributed by atoms with van der Waals surface area (Å²) in [5, 5.41) is 10.6. The maximum atomic E-state index is 12.6. The molecule has 0 aliphatic carbocycles. The van der Waals surface area contributed by atoms with Crippen molar-refractivity contribution in [3.63, 3.8) is 0 Å². The van der Waals surface area contributed by atoms with Gasteiger partial charge in [0.15, 0.2) is 0 Å². The first-order valence-corrected chi connectivity index (χ1v) is 8.55. The predicted octanol–water partition coefficient (Wildman–Crippen LogP) is 3.16. The minimum Gasteiger partial charge on any atom is -0.497 e. The molecule has 1 amide bonds. The Labute approximate surface area is 143 Å². The van der Waals surface area contributed by atoms with Crippen molar-refractivity contribution in [3.8, 4) is 5.75 Å². The van der Waals surface area contributed by atoms with Gasteiger partial charge < -0.3 is 14.7 Å². The molecule has 0 spiro atoms. The number of β-lactam (4-membered cyclic amide) rings is 1. The van der Waals surface area contributed by atoms with Crippen LogP contribution in [0, 0.1) is 5.92 Å². The average molecular weight is 376 g/mol. The van der Waals surface area contributed by atoms with Crippen LogP contribution in [-0.4, -0.2) is 29.6 Å². The first kappa shape index (κ1) is 16.0. The second-order valence-corrected chi connectivity index (χ2v) is 6.16. The molecule has 2 aromatic carbocycles. The SMILES string of the molecule is COc1ccc(N2C(=O)[C@H]([C@@H](O)CBr)[C@H]2c2ccccc2)cc1. The Morgan fingerprint density at radius 3 is 2.39 bits per heavy atom. The highest BCUT2D eigenvalue weighted by atomic mass is 79.9. The Balaban J connectivity index is 1.96. The number of benzene rings is 2. The Bertz CT molecular complexity index is 674. The number of amides is 1. The minimum absolute atomic E-state index is 0.0593. The lowest BCUT2D eigenvalue weighted by molar-refractivity contribution is -0.135. The van der Waals surface area contributed by atoms with E-state index in [1.165, 1.54) is 0 Å². The fraction of sp³-hybridized carbons (Fsp3) is 0.278. The lowest BCUT2D eigenvalue weighted by atomic mass is 9.78. The number of methoxy groups -OCH3 is 1. The molecule has 5 heteroatoms. The number of rotatable bonds is 5. The molecule has 23 heavy (non-hydrogen) atoms. The summed E-state index contributed by atoms with van der Waals surface area (Å²) < 4.78 is 5.17. The number of anilines is 1. The van der Waals surface area contributed by atoms with Crippen molar-refractivity contribution in [3.05, 3.63) is 60.2 Å². The lowest BCUT2D eigenvalue weighted by Crippen LogP contribution is -2.59. The van der Waals surface area contributed by atoms with Crippen LogP contribution in [0.2, 0.25) is 0 Å². The van der Waals surface area contributed by atoms with Gasteiger partial charge in [0.05, 0.1) is 25.2 Å². The molecule has 0 radical (unpaired) electrons. The third kappa shape index (κ3) is 2.86. The molecule has 1 saturated heterocycles. The molecule has 4 nitrogen and oxygen atoms in total. The molecule has 0 unspecified atom stereocenters. The van der Waals surface area contributed by atoms with Crippen molar-refractivity contribution in [2.24, 2.45) is 5.92 Å². The summed E-state index contributed by atoms with van der Waals surface area (Å²) in [6.07, 6.45) is -0.706. The number of hydrogen-bond acceptors (Lipinski definition) is 3. The van der Waals surface area contributed by atoms with Gasteiger partial charge in [-0.1, -0.05) is 46.3 Å². The van der Waals surface area contributed by atoms with Crippen LogP contribution < -0.4 is 9.64 Å². The van der Waals surface area contributed by atoms with Gasteiger partial charge in [-0.05, 0) is 29.8 Å². The van der Waals surface area contributed by atoms with Crippen LogP contribution in [0.1, 0.15) is 11.6 Å². The zero-order valence-electron chi connectivity index (χ0n) is 12.7. The molecule has 1 N–H and O–H groups in total. The summed E-state index contributed by atoms with van der Waals surface area (Å²) in [5.41, 5.74) is 1.83. The fourth-order valence-electron chi connectivity index (χ4n) is 3.02. The lowest BCUT2D eigenvalue weighted by Gasteiger charge is -2.49. The third-order valence-electron chi connectivity index (χ3n) is 4.21. The van der Waals surface area contributed by atoms with Gasteiger partial charge in [-0.2, -0.15) is 0 Å². The Hall–Kier alpha value is -1.85. The van der Waals surface area contributed by atoms with E-state index >= 15 is 0 Å². The van der Waals surface area contributed by atoms with Gasteiger partial charge in [-0.3, -0.25) is 4.79 Å². The van der Waals surface area contributed by atoms with Crippen LogP contribution >= 0.6 is 15.9 Å². The number of ether oxygens (including phenoxy) is 1. The monoisotopic (exact) mass is 375 g/mol. The summed E-state index contributed by atoms with van der Waals surface area (Å²) in [5.74, 6) is 0.255. The smallest absolute Gasteiger partial charge is 0.235 e. The maximum absolute atomic E-state index is 12.6. The van der Waals surface area contributed by atoms with Gasteiger partial charge in [-0.15, -0.1) is 0 Å². The molecule has 0 saturated carbocycles. The number of nitrogens with zero attached hydrogens (tertiary/aromatic N) is 1. The summed E-state index contributed by atoms with van der Waals surface area (Å²) in [6.45, 7) is 0. The number of carbonyl (C=O) groups excluding carboxylic acids is 1. The average Bonchev–Trinajstić information content (AvgIpc) is 2.60. The Morgan fingerprint density at radius 2 is 1.83 bits per heavy atom. The van der Waals surface area contributed by atoms with Crippen LogP contribution in [0.25, 0.3) is 0 Å². The summed E-state index contributed by atoms with van der Waals surface area (Å²) in [7, 11) is 1.61. The van der Waals surface area contributed by atoms with E-state index in [0.717, 1.165) is 17.0 Å². The van der Waals surface area contributed by atoms with Gasteiger partial charge in [0.2, 0.25) is 5.91 Å². The molecule has 1 aliphatic heterocycles. The highest BCUT2D eigenvalue weighted by molar-refractivity contribution is 9.09. The van der Waals surface area contributed by atoms with E-state index < -0.39 is 12.0 Å². The summed E-state index contributed by atoms with van der Waals surface area (Å²) >= 11 is 3.28. The molecule has 0 bridgehead atoms. The highest BCUT2D eigenvalue weighted by Gasteiger charge is 2.51. The number of carbonyl (C=O) groups is 1. The van der Waals surface area contributed by atoms with Crippen molar-refractivity contribution in [1.82, 2.24) is 0 Å². The highest BCUT2D eigenvalue weighted by Crippen LogP contribution is 2.45. The van der Waals surface area contributed by atoms with E-state index in [1.54, 1.807) is 12.0 Å². The van der Waals surface area contributed by atoms with Crippen LogP contribution in [-0.2, 0) is 4.79 Å². The molecule has 3 rings (SSSR count). The fourth-order valence-corrected chi connectivity index (χ4v) is 3.42. The van der Waals surface area contributed by atoms with Gasteiger partial charge in [0.1, 0.15) is 5.75 Å². The van der Waals surface area contributed by atoms with Crippen molar-refractivity contribution >= 4 is 27.5 Å². The van der Waals surface area contributed by atoms with Crippen molar-refractivity contribution in [2.45, 2.75) is 12.1 Å². The van der Waals surface area contributed by atoms with E-state index in [2.05, 4.69) is 15.9 Å². The standard InChI is InChI=1S/C18H18BrNO3/c1-23-14-9-7-13(8-10-14)20-17(12-5-3-2-4-6-12)16(18(20)22)15(21)11-19/h2-10,15-17,21H,11H2,1H3/t15-,16+,17+/m0/s1. The molecule has 3 atom stereocenters. The van der Waals surface area contributed by atoms with E-state index in [0.29, 0.717) is 5.33 Å². The second kappa shape index (κ2) is 6.72. The van der Waals surface area contributed by atoms with Gasteiger partial charge >= 0.3 is 0 Å². The number of alkyl halides is 1. The minimum atomic E-state index is -0.706. The Kier molecular flexibility index (Phi) is 4.68. The number of aliphatic hydroxyl groups excluding tert-OH is 1. The Morgan fingerprint density at radius 1 is 1.17 bits per heavy atom. The third-order valence-corrected chi connectivity index (χ3v) is 4.87. The normalized spacial score (nSPS) is 21.7. The van der Waals surface area contributed by atoms with Crippen molar-refractivity contribution in [2.75, 3.05) is 17.3 Å². The molecule has 0 aromatic heterocycles. The molecule has 1 fully saturated rings. The van der Waals surface area contributed by atoms with E-state index in [4.69, 9.17) is 4.74 Å². The van der Waals surface area contributed by atoms with Crippen LogP contribution in [0.3, 0.4) is 0 Å². The first-order valence-electron chi connectivity index (χ1n) is 7.43. The molecular weight excluding hydrogens is 358 g/mol. The largest absolute Gasteiger partial charge is 0.497 e. The van der Waals surface area contributed by atoms with Gasteiger partial charge in [0.25, 0.3) is 0 Å². The topological polar surface area (TPSA) is 49.8 Å². The second-order valence-electron chi connectivity index (χ2n) is 5.51. The summed E-state index contributed by atoms with van der Waals surface area (Å²) in [4.78, 5) is 14.4. The zero-order valence-corrected chi connectivity index (χ0v) is 14.3.